The van der Waals surface area contributed by atoms with Gasteiger partial charge in [-0.2, -0.15) is 26.3 Å². The lowest BCUT2D eigenvalue weighted by molar-refractivity contribution is -0.387. The second kappa shape index (κ2) is 7.46. The molecule has 0 unspecified atom stereocenters. The summed E-state index contributed by atoms with van der Waals surface area (Å²) in [5.74, 6) is -1.98. The molecule has 1 aromatic carbocycles. The van der Waals surface area contributed by atoms with E-state index in [2.05, 4.69) is 0 Å². The summed E-state index contributed by atoms with van der Waals surface area (Å²) < 4.78 is 77.7. The van der Waals surface area contributed by atoms with Crippen molar-refractivity contribution in [2.45, 2.75) is 56.2 Å². The monoisotopic (exact) mass is 383 g/mol. The van der Waals surface area contributed by atoms with Gasteiger partial charge in [-0.15, -0.1) is 0 Å². The molecule has 1 N–H and O–H groups in total. The zero-order valence-corrected chi connectivity index (χ0v) is 13.7. The smallest absolute Gasteiger partial charge is 0.373 e. The second-order valence-corrected chi connectivity index (χ2v) is 6.53. The van der Waals surface area contributed by atoms with Crippen LogP contribution in [0.3, 0.4) is 0 Å². The molecule has 1 fully saturated rings. The van der Waals surface area contributed by atoms with Crippen molar-refractivity contribution < 1.29 is 36.2 Å². The fraction of sp³-hybridized carbons (Fsp3) is 0.588. The third-order valence-electron chi connectivity index (χ3n) is 4.96. The highest BCUT2D eigenvalue weighted by molar-refractivity contribution is 5.48. The zero-order valence-electron chi connectivity index (χ0n) is 13.7. The highest BCUT2D eigenvalue weighted by Gasteiger charge is 2.73. The summed E-state index contributed by atoms with van der Waals surface area (Å²) in [5.41, 5.74) is -3.92. The summed E-state index contributed by atoms with van der Waals surface area (Å²) in [6.07, 6.45) is -12.1. The number of nitrogens with zero attached hydrogens (tertiary/aromatic N) is 1. The largest absolute Gasteiger partial charge is 0.426 e. The van der Waals surface area contributed by atoms with Crippen LogP contribution in [0.25, 0.3) is 0 Å². The van der Waals surface area contributed by atoms with Crippen molar-refractivity contribution in [1.82, 2.24) is 4.90 Å². The lowest BCUT2D eigenvalue weighted by Crippen LogP contribution is -2.62. The predicted molar refractivity (Wildman–Crippen MR) is 80.9 cm³/mol. The first kappa shape index (κ1) is 20.5. The van der Waals surface area contributed by atoms with Crippen LogP contribution in [0.2, 0.25) is 0 Å². The van der Waals surface area contributed by atoms with Crippen LogP contribution >= 0.6 is 0 Å². The molecule has 0 atom stereocenters. The van der Waals surface area contributed by atoms with Gasteiger partial charge in [0.1, 0.15) is 0 Å². The van der Waals surface area contributed by atoms with Crippen molar-refractivity contribution in [3.8, 4) is 0 Å². The number of carbonyl (C=O) groups is 1. The maximum Gasteiger partial charge on any atom is 0.426 e. The average molecular weight is 383 g/mol. The third kappa shape index (κ3) is 3.97. The standard InChI is InChI=1S/C17H19F6NO2/c18-16(19,20)15(26,17(21,22)23)13-6-8-14(9-7-13)24(11-25)10-12-4-2-1-3-5-12/h1-5,11,13-14,26H,6-10H2. The van der Waals surface area contributed by atoms with E-state index in [0.717, 1.165) is 5.56 Å². The van der Waals surface area contributed by atoms with Crippen LogP contribution in [0.4, 0.5) is 26.3 Å². The highest BCUT2D eigenvalue weighted by atomic mass is 19.4. The maximum atomic E-state index is 13.0. The summed E-state index contributed by atoms with van der Waals surface area (Å²) in [4.78, 5) is 12.7. The van der Waals surface area contributed by atoms with Crippen molar-refractivity contribution in [3.63, 3.8) is 0 Å². The summed E-state index contributed by atoms with van der Waals surface area (Å²) in [6.45, 7) is 0.225. The molecule has 0 spiro atoms. The Morgan fingerprint density at radius 1 is 0.962 bits per heavy atom. The Balaban J connectivity index is 2.08. The summed E-state index contributed by atoms with van der Waals surface area (Å²) in [6, 6.07) is 8.40. The summed E-state index contributed by atoms with van der Waals surface area (Å²) in [7, 11) is 0. The normalized spacial score (nSPS) is 22.1. The van der Waals surface area contributed by atoms with Crippen LogP contribution in [0.5, 0.6) is 0 Å². The van der Waals surface area contributed by atoms with Gasteiger partial charge in [-0.3, -0.25) is 4.79 Å². The molecule has 1 aliphatic carbocycles. The molecule has 0 bridgehead atoms. The van der Waals surface area contributed by atoms with Gasteiger partial charge < -0.3 is 10.0 Å². The van der Waals surface area contributed by atoms with Crippen LogP contribution in [0, 0.1) is 5.92 Å². The van der Waals surface area contributed by atoms with Crippen molar-refractivity contribution in [3.05, 3.63) is 35.9 Å². The number of hydrogen-bond acceptors (Lipinski definition) is 2. The second-order valence-electron chi connectivity index (χ2n) is 6.53. The van der Waals surface area contributed by atoms with E-state index in [1.54, 1.807) is 30.3 Å². The molecular formula is C17H19F6NO2. The molecule has 0 aliphatic heterocycles. The SMILES string of the molecule is O=CN(Cc1ccccc1)C1CCC(C(O)(C(F)(F)F)C(F)(F)F)CC1. The van der Waals surface area contributed by atoms with Gasteiger partial charge in [0.05, 0.1) is 0 Å². The van der Waals surface area contributed by atoms with Crippen LogP contribution in [-0.4, -0.2) is 40.4 Å². The van der Waals surface area contributed by atoms with Gasteiger partial charge in [-0.05, 0) is 31.2 Å². The Kier molecular flexibility index (Phi) is 5.89. The maximum absolute atomic E-state index is 13.0. The van der Waals surface area contributed by atoms with Crippen molar-refractivity contribution >= 4 is 6.41 Å². The number of hydrogen-bond donors (Lipinski definition) is 1. The third-order valence-corrected chi connectivity index (χ3v) is 4.96. The van der Waals surface area contributed by atoms with E-state index in [9.17, 15) is 36.2 Å². The fourth-order valence-electron chi connectivity index (χ4n) is 3.50. The molecule has 3 nitrogen and oxygen atoms in total. The average Bonchev–Trinajstić information content (AvgIpc) is 2.58. The lowest BCUT2D eigenvalue weighted by atomic mass is 9.74. The molecule has 1 saturated carbocycles. The number of benzene rings is 1. The van der Waals surface area contributed by atoms with Gasteiger partial charge in [0.25, 0.3) is 5.60 Å². The molecule has 2 rings (SSSR count). The van der Waals surface area contributed by atoms with E-state index >= 15 is 0 Å². The van der Waals surface area contributed by atoms with E-state index < -0.39 is 42.8 Å². The summed E-state index contributed by atoms with van der Waals surface area (Å²) in [5, 5.41) is 9.49. The summed E-state index contributed by atoms with van der Waals surface area (Å²) >= 11 is 0. The van der Waals surface area contributed by atoms with E-state index in [-0.39, 0.29) is 19.4 Å². The van der Waals surface area contributed by atoms with E-state index in [0.29, 0.717) is 6.41 Å². The minimum absolute atomic E-state index is 0.0370. The molecule has 1 aromatic rings. The Hall–Kier alpha value is -1.77. The number of aliphatic hydroxyl groups is 1. The molecule has 1 aliphatic rings. The van der Waals surface area contributed by atoms with E-state index in [1.807, 2.05) is 0 Å². The quantitative estimate of drug-likeness (QED) is 0.615. The minimum Gasteiger partial charge on any atom is -0.373 e. The molecule has 9 heteroatoms. The molecule has 0 radical (unpaired) electrons. The Bertz CT molecular complexity index is 580. The van der Waals surface area contributed by atoms with Crippen LogP contribution in [0.1, 0.15) is 31.2 Å². The Labute approximate surface area is 146 Å². The van der Waals surface area contributed by atoms with Gasteiger partial charge in [0, 0.05) is 18.5 Å². The van der Waals surface area contributed by atoms with Crippen LogP contribution in [-0.2, 0) is 11.3 Å². The molecule has 1 amide bonds. The van der Waals surface area contributed by atoms with Gasteiger partial charge in [-0.25, -0.2) is 0 Å². The topological polar surface area (TPSA) is 40.5 Å². The van der Waals surface area contributed by atoms with Crippen molar-refractivity contribution in [2.24, 2.45) is 5.92 Å². The Morgan fingerprint density at radius 3 is 1.88 bits per heavy atom. The van der Waals surface area contributed by atoms with Gasteiger partial charge in [0.15, 0.2) is 0 Å². The molecule has 0 aromatic heterocycles. The number of amides is 1. The van der Waals surface area contributed by atoms with E-state index in [1.165, 1.54) is 4.90 Å². The molecule has 0 saturated heterocycles. The number of carbonyl (C=O) groups excluding carboxylic acids is 1. The molecule has 26 heavy (non-hydrogen) atoms. The number of rotatable bonds is 5. The van der Waals surface area contributed by atoms with Gasteiger partial charge >= 0.3 is 12.4 Å². The number of alkyl halides is 6. The number of halogens is 6. The van der Waals surface area contributed by atoms with Crippen molar-refractivity contribution in [1.29, 1.82) is 0 Å². The minimum atomic E-state index is -5.81. The van der Waals surface area contributed by atoms with E-state index in [4.69, 9.17) is 0 Å². The van der Waals surface area contributed by atoms with Crippen molar-refractivity contribution in [2.75, 3.05) is 0 Å². The predicted octanol–water partition coefficient (Wildman–Crippen LogP) is 4.06. The fourth-order valence-corrected chi connectivity index (χ4v) is 3.50. The Morgan fingerprint density at radius 2 is 1.46 bits per heavy atom. The first-order valence-electron chi connectivity index (χ1n) is 8.11. The molecule has 146 valence electrons. The molecular weight excluding hydrogens is 364 g/mol. The first-order valence-corrected chi connectivity index (χ1v) is 8.11. The first-order chi connectivity index (χ1) is 12.0. The highest BCUT2D eigenvalue weighted by Crippen LogP contribution is 2.51. The molecule has 0 heterocycles. The van der Waals surface area contributed by atoms with Crippen LogP contribution < -0.4 is 0 Å². The zero-order chi connectivity index (χ0) is 19.6. The van der Waals surface area contributed by atoms with Crippen LogP contribution in [0.15, 0.2) is 30.3 Å². The van der Waals surface area contributed by atoms with Gasteiger partial charge in [-0.1, -0.05) is 30.3 Å². The lowest BCUT2D eigenvalue weighted by Gasteiger charge is -2.43. The van der Waals surface area contributed by atoms with Gasteiger partial charge in [0.2, 0.25) is 6.41 Å².